The minimum Gasteiger partial charge on any atom is -0.303 e. The van der Waals surface area contributed by atoms with Crippen LogP contribution < -0.4 is 10.9 Å². The molecule has 1 aliphatic heterocycles. The van der Waals surface area contributed by atoms with Gasteiger partial charge in [0.25, 0.3) is 11.5 Å². The third-order valence-corrected chi connectivity index (χ3v) is 5.31. The summed E-state index contributed by atoms with van der Waals surface area (Å²) in [5.74, 6) is -0.963. The van der Waals surface area contributed by atoms with Gasteiger partial charge in [0.15, 0.2) is 0 Å². The van der Waals surface area contributed by atoms with Crippen molar-refractivity contribution in [3.63, 3.8) is 0 Å². The Morgan fingerprint density at radius 3 is 2.53 bits per heavy atom. The second-order valence-corrected chi connectivity index (χ2v) is 7.82. The van der Waals surface area contributed by atoms with Crippen LogP contribution >= 0.6 is 11.6 Å². The molecule has 3 aromatic rings. The zero-order valence-electron chi connectivity index (χ0n) is 17.2. The van der Waals surface area contributed by atoms with Gasteiger partial charge in [-0.15, -0.1) is 0 Å². The molecule has 0 atom stereocenters. The van der Waals surface area contributed by atoms with Crippen molar-refractivity contribution in [3.05, 3.63) is 92.2 Å². The van der Waals surface area contributed by atoms with Gasteiger partial charge in [-0.25, -0.2) is 13.9 Å². The van der Waals surface area contributed by atoms with E-state index in [1.54, 1.807) is 24.3 Å². The first kappa shape index (κ1) is 21.6. The number of H-pyrrole nitrogens is 1. The molecule has 3 amide bonds. The lowest BCUT2D eigenvalue weighted by atomic mass is 10.1. The molecule has 1 fully saturated rings. The Labute approximate surface area is 188 Å². The third-order valence-electron chi connectivity index (χ3n) is 5.08. The molecule has 0 saturated carbocycles. The van der Waals surface area contributed by atoms with E-state index in [9.17, 15) is 18.8 Å². The Kier molecular flexibility index (Phi) is 5.96. The first-order valence-corrected chi connectivity index (χ1v) is 10.4. The molecule has 2 N–H and O–H groups in total. The Bertz CT molecular complexity index is 1280. The molecular formula is C23H20ClFN4O3. The van der Waals surface area contributed by atoms with E-state index in [0.717, 1.165) is 11.3 Å². The number of aromatic nitrogens is 2. The number of hydrogen-bond donors (Lipinski definition) is 2. The SMILES string of the molecule is CCCc1[nH]n(-c2cccc(Cl)c2)c(=O)c1/C=C1\NC(=O)N(Cc2ccc(F)cc2)C1=O. The topological polar surface area (TPSA) is 87.2 Å². The quantitative estimate of drug-likeness (QED) is 0.436. The lowest BCUT2D eigenvalue weighted by Gasteiger charge is -2.11. The fraction of sp³-hybridized carbons (Fsp3) is 0.174. The highest BCUT2D eigenvalue weighted by molar-refractivity contribution is 6.30. The minimum atomic E-state index is -0.603. The van der Waals surface area contributed by atoms with Gasteiger partial charge in [-0.05, 0) is 48.4 Å². The standard InChI is InChI=1S/C23H20ClFN4O3/c1-2-4-19-18(21(30)29(27-19)17-6-3-5-15(24)11-17)12-20-22(31)28(23(32)26-20)13-14-7-9-16(25)10-8-14/h3,5-12,27H,2,4,13H2,1H3,(H,26,32)/b20-12-. The van der Waals surface area contributed by atoms with Crippen LogP contribution in [-0.2, 0) is 17.8 Å². The van der Waals surface area contributed by atoms with Gasteiger partial charge in [0.05, 0.1) is 17.8 Å². The predicted octanol–water partition coefficient (Wildman–Crippen LogP) is 4.00. The van der Waals surface area contributed by atoms with Crippen LogP contribution in [0.2, 0.25) is 5.02 Å². The Hall–Kier alpha value is -3.65. The number of amides is 3. The van der Waals surface area contributed by atoms with Gasteiger partial charge in [-0.1, -0.05) is 43.1 Å². The van der Waals surface area contributed by atoms with Gasteiger partial charge < -0.3 is 5.32 Å². The van der Waals surface area contributed by atoms with Crippen LogP contribution in [0, 0.1) is 5.82 Å². The maximum atomic E-state index is 13.1. The molecule has 7 nitrogen and oxygen atoms in total. The number of benzene rings is 2. The molecule has 4 rings (SSSR count). The first-order chi connectivity index (χ1) is 15.4. The van der Waals surface area contributed by atoms with Crippen LogP contribution in [0.4, 0.5) is 9.18 Å². The number of halogens is 2. The minimum absolute atomic E-state index is 0.00353. The molecular weight excluding hydrogens is 435 g/mol. The summed E-state index contributed by atoms with van der Waals surface area (Å²) >= 11 is 6.06. The molecule has 2 aromatic carbocycles. The highest BCUT2D eigenvalue weighted by Gasteiger charge is 2.34. The molecule has 32 heavy (non-hydrogen) atoms. The maximum absolute atomic E-state index is 13.1. The zero-order chi connectivity index (χ0) is 22.8. The average Bonchev–Trinajstić information content (AvgIpc) is 3.21. The second kappa shape index (κ2) is 8.84. The number of carbonyl (C=O) groups is 2. The van der Waals surface area contributed by atoms with Gasteiger partial charge in [0, 0.05) is 10.7 Å². The maximum Gasteiger partial charge on any atom is 0.329 e. The van der Waals surface area contributed by atoms with Crippen LogP contribution in [0.15, 0.2) is 59.0 Å². The summed E-state index contributed by atoms with van der Waals surface area (Å²) < 4.78 is 14.5. The number of aryl methyl sites for hydroxylation is 1. The molecule has 1 saturated heterocycles. The molecule has 9 heteroatoms. The summed E-state index contributed by atoms with van der Waals surface area (Å²) in [4.78, 5) is 39.4. The Balaban J connectivity index is 1.68. The van der Waals surface area contributed by atoms with E-state index in [2.05, 4.69) is 10.4 Å². The van der Waals surface area contributed by atoms with Crippen molar-refractivity contribution >= 4 is 29.6 Å². The number of imide groups is 1. The van der Waals surface area contributed by atoms with Crippen molar-refractivity contribution in [3.8, 4) is 5.69 Å². The number of carbonyl (C=O) groups excluding carboxylic acids is 2. The molecule has 0 spiro atoms. The van der Waals surface area contributed by atoms with Crippen molar-refractivity contribution < 1.29 is 14.0 Å². The average molecular weight is 455 g/mol. The van der Waals surface area contributed by atoms with Gasteiger partial charge in [-0.3, -0.25) is 19.6 Å². The summed E-state index contributed by atoms with van der Waals surface area (Å²) in [6.07, 6.45) is 2.74. The van der Waals surface area contributed by atoms with E-state index < -0.39 is 17.8 Å². The van der Waals surface area contributed by atoms with Gasteiger partial charge >= 0.3 is 6.03 Å². The van der Waals surface area contributed by atoms with Crippen LogP contribution in [0.3, 0.4) is 0 Å². The number of rotatable bonds is 6. The fourth-order valence-electron chi connectivity index (χ4n) is 3.51. The van der Waals surface area contributed by atoms with E-state index >= 15 is 0 Å². The van der Waals surface area contributed by atoms with Crippen molar-refractivity contribution in [1.82, 2.24) is 20.0 Å². The lowest BCUT2D eigenvalue weighted by Crippen LogP contribution is -2.30. The summed E-state index contributed by atoms with van der Waals surface area (Å²) in [6.45, 7) is 1.96. The number of nitrogens with zero attached hydrogens (tertiary/aromatic N) is 2. The second-order valence-electron chi connectivity index (χ2n) is 7.38. The molecule has 2 heterocycles. The van der Waals surface area contributed by atoms with E-state index in [4.69, 9.17) is 11.6 Å². The highest BCUT2D eigenvalue weighted by atomic mass is 35.5. The summed E-state index contributed by atoms with van der Waals surface area (Å²) in [5, 5.41) is 6.09. The van der Waals surface area contributed by atoms with Crippen molar-refractivity contribution in [2.24, 2.45) is 0 Å². The number of urea groups is 1. The van der Waals surface area contributed by atoms with Crippen molar-refractivity contribution in [2.45, 2.75) is 26.3 Å². The van der Waals surface area contributed by atoms with E-state index in [1.165, 1.54) is 35.0 Å². The number of aromatic amines is 1. The largest absolute Gasteiger partial charge is 0.329 e. The molecule has 164 valence electrons. The first-order valence-electron chi connectivity index (χ1n) is 10.1. The predicted molar refractivity (Wildman–Crippen MR) is 119 cm³/mol. The highest BCUT2D eigenvalue weighted by Crippen LogP contribution is 2.19. The summed E-state index contributed by atoms with van der Waals surface area (Å²) in [7, 11) is 0. The Morgan fingerprint density at radius 2 is 1.84 bits per heavy atom. The van der Waals surface area contributed by atoms with Crippen LogP contribution in [-0.4, -0.2) is 26.6 Å². The van der Waals surface area contributed by atoms with Crippen LogP contribution in [0.25, 0.3) is 11.8 Å². The summed E-state index contributed by atoms with van der Waals surface area (Å²) in [6, 6.07) is 11.8. The van der Waals surface area contributed by atoms with Gasteiger partial charge in [0.2, 0.25) is 0 Å². The number of hydrogen-bond acceptors (Lipinski definition) is 3. The molecule has 0 bridgehead atoms. The number of nitrogens with one attached hydrogen (secondary N) is 2. The van der Waals surface area contributed by atoms with Crippen LogP contribution in [0.1, 0.15) is 30.2 Å². The van der Waals surface area contributed by atoms with E-state index in [0.29, 0.717) is 34.0 Å². The van der Waals surface area contributed by atoms with Crippen LogP contribution in [0.5, 0.6) is 0 Å². The molecule has 0 unspecified atom stereocenters. The van der Waals surface area contributed by atoms with E-state index in [-0.39, 0.29) is 17.8 Å². The fourth-order valence-corrected chi connectivity index (χ4v) is 3.70. The van der Waals surface area contributed by atoms with Crippen molar-refractivity contribution in [2.75, 3.05) is 0 Å². The smallest absolute Gasteiger partial charge is 0.303 e. The molecule has 0 radical (unpaired) electrons. The Morgan fingerprint density at radius 1 is 1.09 bits per heavy atom. The molecule has 0 aliphatic carbocycles. The van der Waals surface area contributed by atoms with E-state index in [1.807, 2.05) is 6.92 Å². The van der Waals surface area contributed by atoms with Crippen molar-refractivity contribution in [1.29, 1.82) is 0 Å². The summed E-state index contributed by atoms with van der Waals surface area (Å²) in [5.41, 5.74) is 1.74. The molecule has 1 aliphatic rings. The lowest BCUT2D eigenvalue weighted by molar-refractivity contribution is -0.123. The molecule has 1 aromatic heterocycles. The normalized spacial score (nSPS) is 15.0. The monoisotopic (exact) mass is 454 g/mol. The third kappa shape index (κ3) is 4.22. The van der Waals surface area contributed by atoms with Gasteiger partial charge in [-0.2, -0.15) is 0 Å². The zero-order valence-corrected chi connectivity index (χ0v) is 17.9. The van der Waals surface area contributed by atoms with Gasteiger partial charge in [0.1, 0.15) is 11.5 Å².